The van der Waals surface area contributed by atoms with E-state index in [4.69, 9.17) is 0 Å². The summed E-state index contributed by atoms with van der Waals surface area (Å²) in [4.78, 5) is 23.4. The Balaban J connectivity index is 2.67. The summed E-state index contributed by atoms with van der Waals surface area (Å²) in [6, 6.07) is 0. The highest BCUT2D eigenvalue weighted by molar-refractivity contribution is 6.09. The van der Waals surface area contributed by atoms with Gasteiger partial charge >= 0.3 is 37.1 Å². The summed E-state index contributed by atoms with van der Waals surface area (Å²) in [7, 11) is 0. The van der Waals surface area contributed by atoms with Gasteiger partial charge in [-0.1, -0.05) is 6.58 Å². The van der Waals surface area contributed by atoms with E-state index in [0.29, 0.717) is 0 Å². The van der Waals surface area contributed by atoms with Gasteiger partial charge in [0, 0.05) is 31.3 Å². The molecule has 0 saturated carbocycles. The highest BCUT2D eigenvalue weighted by Crippen LogP contribution is 2.46. The molecule has 294 valence electrons. The van der Waals surface area contributed by atoms with Crippen LogP contribution in [-0.4, -0.2) is 48.6 Å². The van der Waals surface area contributed by atoms with E-state index in [9.17, 15) is 88.6 Å². The van der Waals surface area contributed by atoms with Crippen LogP contribution in [-0.2, 0) is 9.59 Å². The largest absolute Gasteiger partial charge is 0.454 e. The summed E-state index contributed by atoms with van der Waals surface area (Å²) in [6.07, 6.45) is -40.7. The third-order valence-electron chi connectivity index (χ3n) is 7.35. The van der Waals surface area contributed by atoms with E-state index in [-0.39, 0.29) is 0 Å². The first kappa shape index (κ1) is 41.8. The fourth-order valence-electron chi connectivity index (χ4n) is 5.42. The summed E-state index contributed by atoms with van der Waals surface area (Å²) in [6.45, 7) is 1.87. The van der Waals surface area contributed by atoms with Gasteiger partial charge in [0.15, 0.2) is 0 Å². The van der Waals surface area contributed by atoms with Crippen LogP contribution >= 0.6 is 0 Å². The maximum Gasteiger partial charge on any atom is 0.454 e. The molecule has 0 fully saturated rings. The molecule has 0 atom stereocenters. The van der Waals surface area contributed by atoms with Crippen LogP contribution in [0.3, 0.4) is 0 Å². The quantitative estimate of drug-likeness (QED) is 0.271. The Morgan fingerprint density at radius 3 is 0.648 bits per heavy atom. The Hall–Kier alpha value is -4.94. The van der Waals surface area contributed by atoms with Crippen molar-refractivity contribution >= 4 is 46.5 Å². The van der Waals surface area contributed by atoms with Crippen LogP contribution in [0.25, 0.3) is 35.0 Å². The number of halogens is 24. The highest BCUT2D eigenvalue weighted by atomic mass is 19.4. The van der Waals surface area contributed by atoms with Crippen molar-refractivity contribution in [3.05, 3.63) is 76.9 Å². The van der Waals surface area contributed by atoms with Crippen LogP contribution < -0.4 is 31.3 Å². The standard InChI is InChI=1S/C28H2F24O2/c1-2(23(35,36)37)12(24(38,39)40)9-15(29)3-4(16(9)30)6-8(20(34)11(18(6)32)14(26(44,45)46)22(54)28(50,51)52)7-5(3)17(31)10(19(7)33)13(25(41,42)43)21(53)27(47,48)49/h1H2/b12-9-,13-10+,14-11-. The molecular formula is C28H2F24O2. The summed E-state index contributed by atoms with van der Waals surface area (Å²) < 4.78 is 339. The lowest BCUT2D eigenvalue weighted by Crippen LogP contribution is -2.64. The Bertz CT molecular complexity index is 2070. The molecule has 0 radical (unpaired) electrons. The molecule has 3 aliphatic carbocycles. The van der Waals surface area contributed by atoms with Crippen LogP contribution in [0.5, 0.6) is 0 Å². The molecule has 0 unspecified atom stereocenters. The number of alkyl halides is 18. The van der Waals surface area contributed by atoms with Crippen molar-refractivity contribution in [2.45, 2.75) is 37.1 Å². The first-order valence-electron chi connectivity index (χ1n) is 12.8. The fourth-order valence-corrected chi connectivity index (χ4v) is 5.42. The molecule has 0 bridgehead atoms. The lowest BCUT2D eigenvalue weighted by Gasteiger charge is -2.19. The molecule has 1 aromatic rings. The summed E-state index contributed by atoms with van der Waals surface area (Å²) in [5.74, 6) is -29.5. The normalized spacial score (nSPS) is 19.8. The van der Waals surface area contributed by atoms with Crippen molar-refractivity contribution in [2.24, 2.45) is 0 Å². The van der Waals surface area contributed by atoms with E-state index < -0.39 is 154 Å². The molecule has 0 spiro atoms. The SMILES string of the molecule is C=C(/C(=C1/C(F)=c2c3c(c4c(c2=C1F)=C(F)/C(=C(/C(=O)C(F)(F)F)C(F)(F)F)C=4F)=C(F)/C(=C(/C(=O)C(F)(F)F)C(F)(F)F)C=3F)C(F)(F)F)C(F)(F)F. The third kappa shape index (κ3) is 6.18. The van der Waals surface area contributed by atoms with E-state index in [2.05, 4.69) is 0 Å². The molecule has 0 aliphatic heterocycles. The number of Topliss-reactive ketones (excluding diaryl/α,β-unsaturated/α-hetero) is 2. The van der Waals surface area contributed by atoms with Gasteiger partial charge in [0.25, 0.3) is 11.6 Å². The number of hydrogen-bond acceptors (Lipinski definition) is 2. The van der Waals surface area contributed by atoms with Gasteiger partial charge < -0.3 is 0 Å². The maximum absolute atomic E-state index is 15.9. The molecule has 4 rings (SSSR count). The fraction of sp³-hybridized carbons (Fsp3) is 0.214. The molecule has 1 aromatic carbocycles. The first-order valence-corrected chi connectivity index (χ1v) is 12.8. The lowest BCUT2D eigenvalue weighted by atomic mass is 9.99. The molecule has 54 heavy (non-hydrogen) atoms. The first-order chi connectivity index (χ1) is 23.9. The summed E-state index contributed by atoms with van der Waals surface area (Å²) >= 11 is 0. The van der Waals surface area contributed by atoms with Crippen molar-refractivity contribution in [1.82, 2.24) is 0 Å². The zero-order valence-electron chi connectivity index (χ0n) is 24.1. The molecule has 0 heterocycles. The van der Waals surface area contributed by atoms with E-state index >= 15 is 26.3 Å². The van der Waals surface area contributed by atoms with Gasteiger partial charge in [-0.25, -0.2) is 26.3 Å². The molecular weight excluding hydrogens is 824 g/mol. The molecule has 3 aliphatic rings. The van der Waals surface area contributed by atoms with E-state index in [1.807, 2.05) is 6.58 Å². The number of fused-ring (bicyclic) bond motifs is 6. The van der Waals surface area contributed by atoms with Crippen LogP contribution in [0.4, 0.5) is 105 Å². The minimum absolute atomic E-state index is 1.87. The number of allylic oxidation sites excluding steroid dienone is 7. The van der Waals surface area contributed by atoms with E-state index in [1.54, 1.807) is 0 Å². The van der Waals surface area contributed by atoms with Gasteiger partial charge in [-0.05, 0) is 0 Å². The van der Waals surface area contributed by atoms with Crippen molar-refractivity contribution in [2.75, 3.05) is 0 Å². The van der Waals surface area contributed by atoms with Gasteiger partial charge in [0.1, 0.15) is 46.1 Å². The molecule has 0 amide bonds. The van der Waals surface area contributed by atoms with Crippen LogP contribution in [0, 0.1) is 0 Å². The molecule has 0 aromatic heterocycles. The molecule has 26 heteroatoms. The van der Waals surface area contributed by atoms with Crippen LogP contribution in [0.2, 0.25) is 0 Å². The summed E-state index contributed by atoms with van der Waals surface area (Å²) in [5.41, 5.74) is -25.3. The van der Waals surface area contributed by atoms with E-state index in [1.165, 1.54) is 0 Å². The predicted molar refractivity (Wildman–Crippen MR) is 128 cm³/mol. The summed E-state index contributed by atoms with van der Waals surface area (Å²) in [5, 5.41) is -17.0. The van der Waals surface area contributed by atoms with E-state index in [0.717, 1.165) is 0 Å². The van der Waals surface area contributed by atoms with Gasteiger partial charge in [-0.3, -0.25) is 9.59 Å². The monoisotopic (exact) mass is 826 g/mol. The molecule has 0 saturated heterocycles. The topological polar surface area (TPSA) is 34.1 Å². The van der Waals surface area contributed by atoms with Gasteiger partial charge in [0.2, 0.25) is 0 Å². The Morgan fingerprint density at radius 2 is 0.500 bits per heavy atom. The second-order valence-electron chi connectivity index (χ2n) is 10.5. The second-order valence-corrected chi connectivity index (χ2v) is 10.5. The number of ketones is 2. The minimum atomic E-state index is -6.96. The van der Waals surface area contributed by atoms with Crippen molar-refractivity contribution < 1.29 is 115 Å². The predicted octanol–water partition coefficient (Wildman–Crippen LogP) is 6.15. The number of carbonyl (C=O) groups excluding carboxylic acids is 2. The van der Waals surface area contributed by atoms with Crippen LogP contribution in [0.1, 0.15) is 0 Å². The third-order valence-corrected chi connectivity index (χ3v) is 7.35. The lowest BCUT2D eigenvalue weighted by molar-refractivity contribution is -0.175. The highest BCUT2D eigenvalue weighted by Gasteiger charge is 2.56. The average Bonchev–Trinajstić information content (AvgIpc) is 3.46. The molecule has 2 nitrogen and oxygen atoms in total. The average molecular weight is 826 g/mol. The zero-order valence-corrected chi connectivity index (χ0v) is 24.1. The van der Waals surface area contributed by atoms with Gasteiger partial charge in [-0.2, -0.15) is 79.0 Å². The van der Waals surface area contributed by atoms with Crippen molar-refractivity contribution in [1.29, 1.82) is 0 Å². The Morgan fingerprint density at radius 1 is 0.315 bits per heavy atom. The Kier molecular flexibility index (Phi) is 9.31. The smallest absolute Gasteiger partial charge is 0.284 e. The maximum atomic E-state index is 15.9. The number of hydrogen-bond donors (Lipinski definition) is 0. The van der Waals surface area contributed by atoms with Crippen LogP contribution in [0.15, 0.2) is 45.6 Å². The molecule has 0 N–H and O–H groups in total. The number of benzene rings is 1. The minimum Gasteiger partial charge on any atom is -0.284 e. The zero-order chi connectivity index (χ0) is 42.1. The number of carbonyl (C=O) groups is 2. The number of rotatable bonds is 3. The van der Waals surface area contributed by atoms with Gasteiger partial charge in [0.05, 0.1) is 27.9 Å². The second kappa shape index (κ2) is 12.0. The van der Waals surface area contributed by atoms with Gasteiger partial charge in [-0.15, -0.1) is 0 Å². The van der Waals surface area contributed by atoms with Crippen molar-refractivity contribution in [3.8, 4) is 0 Å². The van der Waals surface area contributed by atoms with Crippen molar-refractivity contribution in [3.63, 3.8) is 0 Å². The Labute approximate surface area is 276 Å².